The summed E-state index contributed by atoms with van der Waals surface area (Å²) < 4.78 is 15.5. The molecule has 0 amide bonds. The Labute approximate surface area is 122 Å². The first-order valence-electron chi connectivity index (χ1n) is 7.06. The summed E-state index contributed by atoms with van der Waals surface area (Å²) in [6, 6.07) is 10.1. The second kappa shape index (κ2) is 5.20. The third-order valence-corrected chi connectivity index (χ3v) is 3.62. The van der Waals surface area contributed by atoms with Gasteiger partial charge in [-0.25, -0.2) is 9.37 Å². The number of aromatic nitrogens is 2. The highest BCUT2D eigenvalue weighted by Gasteiger charge is 2.13. The van der Waals surface area contributed by atoms with Crippen molar-refractivity contribution >= 4 is 11.0 Å². The lowest BCUT2D eigenvalue weighted by Crippen LogP contribution is -1.99. The van der Waals surface area contributed by atoms with Crippen LogP contribution in [0.1, 0.15) is 18.9 Å². The Morgan fingerprint density at radius 2 is 2.00 bits per heavy atom. The van der Waals surface area contributed by atoms with Crippen LogP contribution in [-0.4, -0.2) is 14.7 Å². The molecule has 0 saturated heterocycles. The third-order valence-electron chi connectivity index (χ3n) is 3.62. The van der Waals surface area contributed by atoms with Crippen molar-refractivity contribution in [3.8, 4) is 17.1 Å². The molecule has 1 heterocycles. The number of fused-ring (bicyclic) bond motifs is 1. The molecule has 3 nitrogen and oxygen atoms in total. The smallest absolute Gasteiger partial charge is 0.141 e. The Morgan fingerprint density at radius 3 is 2.71 bits per heavy atom. The highest BCUT2D eigenvalue weighted by atomic mass is 19.1. The van der Waals surface area contributed by atoms with E-state index in [0.29, 0.717) is 5.52 Å². The van der Waals surface area contributed by atoms with E-state index in [-0.39, 0.29) is 11.6 Å². The number of halogens is 1. The average Bonchev–Trinajstić information content (AvgIpc) is 2.80. The van der Waals surface area contributed by atoms with Gasteiger partial charge in [0.05, 0.1) is 11.0 Å². The van der Waals surface area contributed by atoms with Gasteiger partial charge in [0.25, 0.3) is 0 Å². The van der Waals surface area contributed by atoms with Crippen LogP contribution < -0.4 is 0 Å². The Balaban J connectivity index is 2.24. The Hall–Kier alpha value is -2.36. The van der Waals surface area contributed by atoms with Gasteiger partial charge in [-0.2, -0.15) is 0 Å². The van der Waals surface area contributed by atoms with Gasteiger partial charge in [-0.3, -0.25) is 0 Å². The molecule has 0 bridgehead atoms. The molecule has 108 valence electrons. The van der Waals surface area contributed by atoms with Crippen LogP contribution in [0.5, 0.6) is 5.75 Å². The fourth-order valence-corrected chi connectivity index (χ4v) is 2.52. The molecule has 1 aromatic heterocycles. The van der Waals surface area contributed by atoms with Gasteiger partial charge in [0.1, 0.15) is 17.4 Å². The first kappa shape index (κ1) is 13.6. The second-order valence-electron chi connectivity index (χ2n) is 5.22. The van der Waals surface area contributed by atoms with E-state index in [2.05, 4.69) is 16.5 Å². The Morgan fingerprint density at radius 1 is 1.19 bits per heavy atom. The lowest BCUT2D eigenvalue weighted by Gasteiger charge is -2.09. The highest BCUT2D eigenvalue weighted by molar-refractivity contribution is 5.81. The minimum Gasteiger partial charge on any atom is -0.508 e. The van der Waals surface area contributed by atoms with Crippen molar-refractivity contribution in [1.29, 1.82) is 0 Å². The van der Waals surface area contributed by atoms with E-state index in [1.54, 1.807) is 12.1 Å². The fourth-order valence-electron chi connectivity index (χ4n) is 2.52. The zero-order valence-electron chi connectivity index (χ0n) is 12.1. The number of phenolic OH excluding ortho intramolecular Hbond substituents is 1. The lowest BCUT2D eigenvalue weighted by atomic mass is 10.1. The van der Waals surface area contributed by atoms with Gasteiger partial charge in [-0.05, 0) is 37.1 Å². The quantitative estimate of drug-likeness (QED) is 0.780. The second-order valence-corrected chi connectivity index (χ2v) is 5.22. The molecule has 0 spiro atoms. The summed E-state index contributed by atoms with van der Waals surface area (Å²) >= 11 is 0. The number of rotatable bonds is 3. The maximum absolute atomic E-state index is 13.4. The summed E-state index contributed by atoms with van der Waals surface area (Å²) in [5, 5.41) is 9.90. The molecule has 0 radical (unpaired) electrons. The average molecular weight is 284 g/mol. The number of hydrogen-bond donors (Lipinski definition) is 1. The Kier molecular flexibility index (Phi) is 3.37. The molecule has 1 N–H and O–H groups in total. The maximum Gasteiger partial charge on any atom is 0.141 e. The van der Waals surface area contributed by atoms with Crippen molar-refractivity contribution in [2.75, 3.05) is 0 Å². The molecule has 21 heavy (non-hydrogen) atoms. The van der Waals surface area contributed by atoms with Crippen molar-refractivity contribution in [3.63, 3.8) is 0 Å². The number of aryl methyl sites for hydroxylation is 2. The predicted molar refractivity (Wildman–Crippen MR) is 81.8 cm³/mol. The molecule has 0 aliphatic heterocycles. The molecule has 3 rings (SSSR count). The molecule has 2 aromatic carbocycles. The summed E-state index contributed by atoms with van der Waals surface area (Å²) in [5.74, 6) is 0.712. The Bertz CT molecular complexity index is 808. The molecule has 3 aromatic rings. The number of hydrogen-bond acceptors (Lipinski definition) is 2. The van der Waals surface area contributed by atoms with E-state index in [1.807, 2.05) is 19.1 Å². The van der Waals surface area contributed by atoms with Gasteiger partial charge < -0.3 is 9.67 Å². The molecular formula is C17H17FN2O. The minimum absolute atomic E-state index is 0.244. The van der Waals surface area contributed by atoms with E-state index in [1.165, 1.54) is 12.1 Å². The lowest BCUT2D eigenvalue weighted by molar-refractivity contribution is 0.471. The fraction of sp³-hybridized carbons (Fsp3) is 0.235. The standard InChI is InChI=1S/C17H17FN2O/c1-3-8-20-15-7-6-13(18)10-14(15)19-17(20)12-5-4-11(2)16(21)9-12/h4-7,9-10,21H,3,8H2,1-2H3. The van der Waals surface area contributed by atoms with E-state index in [4.69, 9.17) is 0 Å². The van der Waals surface area contributed by atoms with Gasteiger partial charge >= 0.3 is 0 Å². The van der Waals surface area contributed by atoms with Crippen LogP contribution in [0.3, 0.4) is 0 Å². The first-order valence-corrected chi connectivity index (χ1v) is 7.06. The number of benzene rings is 2. The van der Waals surface area contributed by atoms with Crippen molar-refractivity contribution in [2.45, 2.75) is 26.8 Å². The van der Waals surface area contributed by atoms with Crippen LogP contribution in [0.15, 0.2) is 36.4 Å². The largest absolute Gasteiger partial charge is 0.508 e. The van der Waals surface area contributed by atoms with Gasteiger partial charge in [0.2, 0.25) is 0 Å². The van der Waals surface area contributed by atoms with E-state index in [0.717, 1.165) is 35.4 Å². The van der Waals surface area contributed by atoms with Crippen LogP contribution in [0.2, 0.25) is 0 Å². The number of nitrogens with zero attached hydrogens (tertiary/aromatic N) is 2. The van der Waals surface area contributed by atoms with Crippen LogP contribution >= 0.6 is 0 Å². The van der Waals surface area contributed by atoms with Crippen LogP contribution in [0, 0.1) is 12.7 Å². The van der Waals surface area contributed by atoms with Crippen molar-refractivity contribution in [3.05, 3.63) is 47.8 Å². The van der Waals surface area contributed by atoms with Crippen LogP contribution in [-0.2, 0) is 6.54 Å². The van der Waals surface area contributed by atoms with Gasteiger partial charge in [-0.15, -0.1) is 0 Å². The van der Waals surface area contributed by atoms with Gasteiger partial charge in [0, 0.05) is 18.2 Å². The molecule has 0 aliphatic carbocycles. The summed E-state index contributed by atoms with van der Waals surface area (Å²) in [5.41, 5.74) is 3.21. The summed E-state index contributed by atoms with van der Waals surface area (Å²) in [6.07, 6.45) is 0.952. The number of phenols is 1. The highest BCUT2D eigenvalue weighted by Crippen LogP contribution is 2.29. The number of imidazole rings is 1. The predicted octanol–water partition coefficient (Wildman–Crippen LogP) is 4.27. The van der Waals surface area contributed by atoms with E-state index < -0.39 is 0 Å². The molecule has 0 aliphatic rings. The van der Waals surface area contributed by atoms with E-state index in [9.17, 15) is 9.50 Å². The molecule has 0 unspecified atom stereocenters. The molecular weight excluding hydrogens is 267 g/mol. The van der Waals surface area contributed by atoms with Crippen molar-refractivity contribution < 1.29 is 9.50 Å². The van der Waals surface area contributed by atoms with Crippen LogP contribution in [0.25, 0.3) is 22.4 Å². The van der Waals surface area contributed by atoms with Gasteiger partial charge in [0.15, 0.2) is 0 Å². The summed E-state index contributed by atoms with van der Waals surface area (Å²) in [4.78, 5) is 4.54. The maximum atomic E-state index is 13.4. The zero-order valence-corrected chi connectivity index (χ0v) is 12.1. The number of aromatic hydroxyl groups is 1. The zero-order chi connectivity index (χ0) is 15.0. The normalized spacial score (nSPS) is 11.2. The van der Waals surface area contributed by atoms with Crippen molar-refractivity contribution in [2.24, 2.45) is 0 Å². The SMILES string of the molecule is CCCn1c(-c2ccc(C)c(O)c2)nc2cc(F)ccc21. The van der Waals surface area contributed by atoms with Crippen LogP contribution in [0.4, 0.5) is 4.39 Å². The molecule has 0 atom stereocenters. The first-order chi connectivity index (χ1) is 10.1. The minimum atomic E-state index is -0.290. The third kappa shape index (κ3) is 2.37. The van der Waals surface area contributed by atoms with E-state index >= 15 is 0 Å². The monoisotopic (exact) mass is 284 g/mol. The topological polar surface area (TPSA) is 38.0 Å². The molecule has 4 heteroatoms. The van der Waals surface area contributed by atoms with Gasteiger partial charge in [-0.1, -0.05) is 19.1 Å². The molecule has 0 saturated carbocycles. The van der Waals surface area contributed by atoms with Crippen molar-refractivity contribution in [1.82, 2.24) is 9.55 Å². The summed E-state index contributed by atoms with van der Waals surface area (Å²) in [6.45, 7) is 4.74. The summed E-state index contributed by atoms with van der Waals surface area (Å²) in [7, 11) is 0. The molecule has 0 fully saturated rings.